The van der Waals surface area contributed by atoms with Crippen LogP contribution in [0.25, 0.3) is 0 Å². The van der Waals surface area contributed by atoms with Crippen LogP contribution in [0.5, 0.6) is 0 Å². The van der Waals surface area contributed by atoms with Gasteiger partial charge in [-0.05, 0) is 50.7 Å². The molecule has 1 heterocycles. The number of halogens is 1. The van der Waals surface area contributed by atoms with Crippen molar-refractivity contribution in [3.63, 3.8) is 0 Å². The van der Waals surface area contributed by atoms with E-state index in [1.807, 2.05) is 0 Å². The fourth-order valence-corrected chi connectivity index (χ4v) is 5.42. The summed E-state index contributed by atoms with van der Waals surface area (Å²) in [4.78, 5) is 9.01. The Morgan fingerprint density at radius 2 is 1.79 bits per heavy atom. The number of nitrogens with one attached hydrogen (secondary N) is 2. The Kier molecular flexibility index (Phi) is 5.44. The second-order valence-corrected chi connectivity index (χ2v) is 10.1. The van der Waals surface area contributed by atoms with Gasteiger partial charge in [-0.1, -0.05) is 23.7 Å². The Hall–Kier alpha value is -1.90. The topological polar surface area (TPSA) is 110 Å². The van der Waals surface area contributed by atoms with Crippen molar-refractivity contribution in [1.29, 1.82) is 0 Å². The molecule has 28 heavy (non-hydrogen) atoms. The summed E-state index contributed by atoms with van der Waals surface area (Å²) in [6, 6.07) is 7.40. The molecule has 2 fully saturated rings. The lowest BCUT2D eigenvalue weighted by molar-refractivity contribution is 0.410. The maximum atomic E-state index is 12.7. The van der Waals surface area contributed by atoms with Crippen LogP contribution in [0.3, 0.4) is 0 Å². The first-order valence-electron chi connectivity index (χ1n) is 9.58. The van der Waals surface area contributed by atoms with Gasteiger partial charge in [0.2, 0.25) is 5.95 Å². The minimum atomic E-state index is -3.34. The van der Waals surface area contributed by atoms with E-state index in [2.05, 4.69) is 20.6 Å². The first kappa shape index (κ1) is 19.4. The lowest BCUT2D eigenvalue weighted by atomic mass is 9.92. The molecule has 1 aromatic heterocycles. The third kappa shape index (κ3) is 4.24. The van der Waals surface area contributed by atoms with E-state index >= 15 is 0 Å². The molecule has 2 aromatic rings. The van der Waals surface area contributed by atoms with Crippen LogP contribution in [0.2, 0.25) is 5.02 Å². The van der Waals surface area contributed by atoms with E-state index < -0.39 is 9.84 Å². The Morgan fingerprint density at radius 3 is 2.50 bits per heavy atom. The lowest BCUT2D eigenvalue weighted by Gasteiger charge is -2.26. The van der Waals surface area contributed by atoms with Gasteiger partial charge >= 0.3 is 0 Å². The molecule has 4 rings (SSSR count). The highest BCUT2D eigenvalue weighted by molar-refractivity contribution is 7.92. The number of anilines is 3. The first-order valence-corrected chi connectivity index (χ1v) is 11.5. The zero-order valence-electron chi connectivity index (χ0n) is 15.4. The Morgan fingerprint density at radius 1 is 1.07 bits per heavy atom. The second-order valence-electron chi connectivity index (χ2n) is 7.51. The molecule has 2 aliphatic carbocycles. The molecule has 0 saturated heterocycles. The fraction of sp³-hybridized carbons (Fsp3) is 0.474. The van der Waals surface area contributed by atoms with Crippen LogP contribution in [-0.4, -0.2) is 35.7 Å². The van der Waals surface area contributed by atoms with Crippen molar-refractivity contribution in [2.24, 2.45) is 5.73 Å². The summed E-state index contributed by atoms with van der Waals surface area (Å²) < 4.78 is 25.4. The van der Waals surface area contributed by atoms with Crippen LogP contribution in [0, 0.1) is 0 Å². The van der Waals surface area contributed by atoms with Crippen LogP contribution >= 0.6 is 11.6 Å². The van der Waals surface area contributed by atoms with Gasteiger partial charge in [-0.2, -0.15) is 4.98 Å². The van der Waals surface area contributed by atoms with Gasteiger partial charge in [-0.25, -0.2) is 13.4 Å². The van der Waals surface area contributed by atoms with Gasteiger partial charge in [0.25, 0.3) is 0 Å². The largest absolute Gasteiger partial charge is 0.351 e. The quantitative estimate of drug-likeness (QED) is 0.654. The summed E-state index contributed by atoms with van der Waals surface area (Å²) in [5.74, 6) is 0.847. The predicted molar refractivity (Wildman–Crippen MR) is 111 cm³/mol. The average molecular weight is 422 g/mol. The molecular formula is C19H24ClN5O2S. The summed E-state index contributed by atoms with van der Waals surface area (Å²) in [6.07, 6.45) is 6.84. The van der Waals surface area contributed by atoms with Gasteiger partial charge in [0.1, 0.15) is 5.02 Å². The zero-order valence-corrected chi connectivity index (χ0v) is 17.0. The van der Waals surface area contributed by atoms with Crippen molar-refractivity contribution >= 4 is 38.9 Å². The molecule has 0 aliphatic heterocycles. The molecule has 0 spiro atoms. The summed E-state index contributed by atoms with van der Waals surface area (Å²) in [5.41, 5.74) is 6.44. The van der Waals surface area contributed by atoms with Crippen LogP contribution in [0.4, 0.5) is 17.5 Å². The zero-order chi connectivity index (χ0) is 19.7. The summed E-state index contributed by atoms with van der Waals surface area (Å²) in [7, 11) is -3.34. The summed E-state index contributed by atoms with van der Waals surface area (Å²) in [5, 5.41) is 6.47. The van der Waals surface area contributed by atoms with E-state index in [9.17, 15) is 8.42 Å². The molecule has 2 aliphatic rings. The highest BCUT2D eigenvalue weighted by Gasteiger charge is 2.38. The molecule has 0 atom stereocenters. The Labute approximate surface area is 170 Å². The van der Waals surface area contributed by atoms with Crippen LogP contribution in [-0.2, 0) is 9.84 Å². The number of para-hydroxylation sites is 1. The van der Waals surface area contributed by atoms with Gasteiger partial charge in [0, 0.05) is 12.1 Å². The number of rotatable bonds is 6. The van der Waals surface area contributed by atoms with Crippen LogP contribution in [0.1, 0.15) is 38.5 Å². The molecule has 0 radical (unpaired) electrons. The number of nitrogens with zero attached hydrogens (tertiary/aromatic N) is 2. The SMILES string of the molecule is NC1CCC(Nc2ncc(Cl)c(Nc3ccccc3S(=O)(=O)C3CC3)n2)CC1. The predicted octanol–water partition coefficient (Wildman–Crippen LogP) is 3.49. The van der Waals surface area contributed by atoms with Gasteiger partial charge in [-0.15, -0.1) is 0 Å². The Balaban J connectivity index is 1.56. The van der Waals surface area contributed by atoms with Crippen molar-refractivity contribution in [1.82, 2.24) is 9.97 Å². The molecule has 0 amide bonds. The maximum Gasteiger partial charge on any atom is 0.224 e. The van der Waals surface area contributed by atoms with E-state index in [4.69, 9.17) is 17.3 Å². The summed E-state index contributed by atoms with van der Waals surface area (Å²) >= 11 is 6.27. The lowest BCUT2D eigenvalue weighted by Crippen LogP contribution is -2.33. The standard InChI is InChI=1S/C19H24ClN5O2S/c20-15-11-22-19(23-13-7-5-12(21)6-8-13)25-18(15)24-16-3-1-2-4-17(16)28(26,27)14-9-10-14/h1-4,11-14H,5-10,21H2,(H2,22,23,24,25). The number of benzene rings is 1. The third-order valence-electron chi connectivity index (χ3n) is 5.26. The molecule has 0 bridgehead atoms. The molecule has 4 N–H and O–H groups in total. The third-order valence-corrected chi connectivity index (χ3v) is 7.85. The molecule has 7 nitrogen and oxygen atoms in total. The normalized spacial score (nSPS) is 22.6. The summed E-state index contributed by atoms with van der Waals surface area (Å²) in [6.45, 7) is 0. The van der Waals surface area contributed by atoms with Gasteiger partial charge in [-0.3, -0.25) is 0 Å². The Bertz CT molecular complexity index is 957. The van der Waals surface area contributed by atoms with Crippen molar-refractivity contribution in [3.8, 4) is 0 Å². The smallest absolute Gasteiger partial charge is 0.224 e. The molecule has 1 aromatic carbocycles. The minimum Gasteiger partial charge on any atom is -0.351 e. The van der Waals surface area contributed by atoms with Crippen molar-refractivity contribution < 1.29 is 8.42 Å². The molecule has 9 heteroatoms. The van der Waals surface area contributed by atoms with Crippen LogP contribution in [0.15, 0.2) is 35.4 Å². The van der Waals surface area contributed by atoms with Gasteiger partial charge in [0.15, 0.2) is 15.7 Å². The number of nitrogens with two attached hydrogens (primary N) is 1. The molecule has 2 saturated carbocycles. The highest BCUT2D eigenvalue weighted by atomic mass is 35.5. The van der Waals surface area contributed by atoms with E-state index in [1.165, 1.54) is 6.20 Å². The molecule has 150 valence electrons. The number of aromatic nitrogens is 2. The average Bonchev–Trinajstić information content (AvgIpc) is 3.52. The molecule has 0 unspecified atom stereocenters. The van der Waals surface area contributed by atoms with Gasteiger partial charge < -0.3 is 16.4 Å². The van der Waals surface area contributed by atoms with Crippen LogP contribution < -0.4 is 16.4 Å². The van der Waals surface area contributed by atoms with E-state index in [0.717, 1.165) is 25.7 Å². The van der Waals surface area contributed by atoms with E-state index in [1.54, 1.807) is 24.3 Å². The van der Waals surface area contributed by atoms with Crippen molar-refractivity contribution in [3.05, 3.63) is 35.5 Å². The number of sulfone groups is 1. The number of hydrogen-bond donors (Lipinski definition) is 3. The van der Waals surface area contributed by atoms with E-state index in [-0.39, 0.29) is 22.2 Å². The fourth-order valence-electron chi connectivity index (χ4n) is 3.47. The highest BCUT2D eigenvalue weighted by Crippen LogP contribution is 2.37. The minimum absolute atomic E-state index is 0.270. The first-order chi connectivity index (χ1) is 13.4. The maximum absolute atomic E-state index is 12.7. The van der Waals surface area contributed by atoms with Crippen molar-refractivity contribution in [2.45, 2.75) is 60.8 Å². The number of hydrogen-bond acceptors (Lipinski definition) is 7. The van der Waals surface area contributed by atoms with E-state index in [0.29, 0.717) is 35.3 Å². The molecular weight excluding hydrogens is 398 g/mol. The van der Waals surface area contributed by atoms with Crippen molar-refractivity contribution in [2.75, 3.05) is 10.6 Å². The second kappa shape index (κ2) is 7.85. The van der Waals surface area contributed by atoms with Gasteiger partial charge in [0.05, 0.1) is 22.0 Å². The monoisotopic (exact) mass is 421 g/mol.